The van der Waals surface area contributed by atoms with Crippen LogP contribution in [0.4, 0.5) is 0 Å². The highest BCUT2D eigenvalue weighted by atomic mass is 16.5. The standard InChI is InChI=1S/C9H16O3/c1-5-12-9(11)7(4)8(10)6(2)3/h7-8,10H,2,5H2,1,3-4H3/t7-,8-/m0/s1. The largest absolute Gasteiger partial charge is 0.466 e. The molecule has 0 unspecified atom stereocenters. The molecular weight excluding hydrogens is 156 g/mol. The topological polar surface area (TPSA) is 46.5 Å². The second kappa shape index (κ2) is 4.93. The molecule has 0 amide bonds. The normalized spacial score (nSPS) is 15.0. The molecule has 0 saturated carbocycles. The molecule has 0 bridgehead atoms. The Balaban J connectivity index is 4.09. The van der Waals surface area contributed by atoms with Crippen LogP contribution in [0.1, 0.15) is 20.8 Å². The molecule has 3 heteroatoms. The smallest absolute Gasteiger partial charge is 0.311 e. The molecule has 3 nitrogen and oxygen atoms in total. The summed E-state index contributed by atoms with van der Waals surface area (Å²) in [5.74, 6) is -0.907. The predicted molar refractivity (Wildman–Crippen MR) is 46.6 cm³/mol. The fourth-order valence-corrected chi connectivity index (χ4v) is 0.829. The van der Waals surface area contributed by atoms with E-state index in [2.05, 4.69) is 6.58 Å². The van der Waals surface area contributed by atoms with Crippen molar-refractivity contribution in [2.45, 2.75) is 26.9 Å². The van der Waals surface area contributed by atoms with Crippen molar-refractivity contribution < 1.29 is 14.6 Å². The summed E-state index contributed by atoms with van der Waals surface area (Å²) >= 11 is 0. The summed E-state index contributed by atoms with van der Waals surface area (Å²) in [5.41, 5.74) is 0.579. The second-order valence-electron chi connectivity index (χ2n) is 2.83. The van der Waals surface area contributed by atoms with E-state index in [4.69, 9.17) is 4.74 Å². The molecule has 0 aromatic heterocycles. The third-order valence-corrected chi connectivity index (χ3v) is 1.64. The Morgan fingerprint density at radius 2 is 2.17 bits per heavy atom. The highest BCUT2D eigenvalue weighted by Gasteiger charge is 2.23. The van der Waals surface area contributed by atoms with Gasteiger partial charge in [-0.1, -0.05) is 12.2 Å². The van der Waals surface area contributed by atoms with Gasteiger partial charge in [0.05, 0.1) is 18.6 Å². The minimum Gasteiger partial charge on any atom is -0.466 e. The number of hydrogen-bond donors (Lipinski definition) is 1. The molecule has 70 valence electrons. The van der Waals surface area contributed by atoms with Crippen LogP contribution in [0.25, 0.3) is 0 Å². The van der Waals surface area contributed by atoms with Gasteiger partial charge in [-0.25, -0.2) is 0 Å². The van der Waals surface area contributed by atoms with Crippen molar-refractivity contribution in [3.8, 4) is 0 Å². The first-order chi connectivity index (χ1) is 5.50. The Hall–Kier alpha value is -0.830. The van der Waals surface area contributed by atoms with Crippen molar-refractivity contribution in [2.75, 3.05) is 6.61 Å². The Labute approximate surface area is 73.0 Å². The Kier molecular flexibility index (Phi) is 4.59. The maximum absolute atomic E-state index is 11.1. The molecule has 0 rings (SSSR count). The summed E-state index contributed by atoms with van der Waals surface area (Å²) in [6.07, 6.45) is -0.802. The first kappa shape index (κ1) is 11.2. The minimum absolute atomic E-state index is 0.339. The molecule has 12 heavy (non-hydrogen) atoms. The van der Waals surface area contributed by atoms with Crippen LogP contribution < -0.4 is 0 Å². The summed E-state index contributed by atoms with van der Waals surface area (Å²) < 4.78 is 4.73. The van der Waals surface area contributed by atoms with Gasteiger partial charge in [0.25, 0.3) is 0 Å². The van der Waals surface area contributed by atoms with Crippen LogP contribution in [-0.4, -0.2) is 23.8 Å². The van der Waals surface area contributed by atoms with Crippen molar-refractivity contribution in [3.05, 3.63) is 12.2 Å². The lowest BCUT2D eigenvalue weighted by molar-refractivity contribution is -0.150. The van der Waals surface area contributed by atoms with Gasteiger partial charge in [-0.2, -0.15) is 0 Å². The molecule has 0 fully saturated rings. The maximum atomic E-state index is 11.1. The zero-order chi connectivity index (χ0) is 9.72. The molecule has 0 spiro atoms. The van der Waals surface area contributed by atoms with E-state index in [1.165, 1.54) is 0 Å². The van der Waals surface area contributed by atoms with Crippen LogP contribution in [0.5, 0.6) is 0 Å². The van der Waals surface area contributed by atoms with E-state index in [0.29, 0.717) is 12.2 Å². The van der Waals surface area contributed by atoms with Gasteiger partial charge in [-0.15, -0.1) is 0 Å². The summed E-state index contributed by atoms with van der Waals surface area (Å²) in [6.45, 7) is 8.94. The molecule has 1 N–H and O–H groups in total. The van der Waals surface area contributed by atoms with Gasteiger partial charge in [-0.05, 0) is 20.8 Å². The van der Waals surface area contributed by atoms with Gasteiger partial charge in [-0.3, -0.25) is 4.79 Å². The number of esters is 1. The molecule has 0 aromatic rings. The van der Waals surface area contributed by atoms with Gasteiger partial charge in [0.15, 0.2) is 0 Å². The van der Waals surface area contributed by atoms with E-state index in [9.17, 15) is 9.90 Å². The third-order valence-electron chi connectivity index (χ3n) is 1.64. The van der Waals surface area contributed by atoms with Crippen LogP contribution in [0.15, 0.2) is 12.2 Å². The lowest BCUT2D eigenvalue weighted by atomic mass is 10.00. The maximum Gasteiger partial charge on any atom is 0.311 e. The van der Waals surface area contributed by atoms with Crippen LogP contribution in [0.3, 0.4) is 0 Å². The molecular formula is C9H16O3. The fraction of sp³-hybridized carbons (Fsp3) is 0.667. The summed E-state index contributed by atoms with van der Waals surface area (Å²) in [4.78, 5) is 11.1. The number of carbonyl (C=O) groups excluding carboxylic acids is 1. The van der Waals surface area contributed by atoms with Gasteiger partial charge >= 0.3 is 5.97 Å². The van der Waals surface area contributed by atoms with E-state index >= 15 is 0 Å². The van der Waals surface area contributed by atoms with Crippen molar-refractivity contribution >= 4 is 5.97 Å². The zero-order valence-electron chi connectivity index (χ0n) is 7.83. The molecule has 0 radical (unpaired) electrons. The highest BCUT2D eigenvalue weighted by Crippen LogP contribution is 2.11. The van der Waals surface area contributed by atoms with Crippen LogP contribution in [0.2, 0.25) is 0 Å². The van der Waals surface area contributed by atoms with Crippen molar-refractivity contribution in [1.82, 2.24) is 0 Å². The van der Waals surface area contributed by atoms with Crippen LogP contribution >= 0.6 is 0 Å². The predicted octanol–water partition coefficient (Wildman–Crippen LogP) is 1.12. The van der Waals surface area contributed by atoms with E-state index < -0.39 is 12.0 Å². The number of ether oxygens (including phenoxy) is 1. The average Bonchev–Trinajstić information content (AvgIpc) is 2.02. The van der Waals surface area contributed by atoms with Gasteiger partial charge in [0.1, 0.15) is 0 Å². The van der Waals surface area contributed by atoms with Crippen molar-refractivity contribution in [2.24, 2.45) is 5.92 Å². The van der Waals surface area contributed by atoms with Gasteiger partial charge in [0, 0.05) is 0 Å². The number of carbonyl (C=O) groups is 1. The van der Waals surface area contributed by atoms with E-state index in [0.717, 1.165) is 0 Å². The Bertz CT molecular complexity index is 175. The quantitative estimate of drug-likeness (QED) is 0.510. The molecule has 0 aromatic carbocycles. The second-order valence-corrected chi connectivity index (χ2v) is 2.83. The lowest BCUT2D eigenvalue weighted by Crippen LogP contribution is -2.27. The first-order valence-electron chi connectivity index (χ1n) is 4.00. The fourth-order valence-electron chi connectivity index (χ4n) is 0.829. The molecule has 0 aliphatic rings. The SMILES string of the molecule is C=C(C)[C@H](O)[C@H](C)C(=O)OCC. The molecule has 0 aliphatic carbocycles. The number of rotatable bonds is 4. The van der Waals surface area contributed by atoms with Crippen LogP contribution in [-0.2, 0) is 9.53 Å². The molecule has 0 aliphatic heterocycles. The van der Waals surface area contributed by atoms with Crippen molar-refractivity contribution in [3.63, 3.8) is 0 Å². The Morgan fingerprint density at radius 3 is 2.50 bits per heavy atom. The van der Waals surface area contributed by atoms with Crippen LogP contribution in [0, 0.1) is 5.92 Å². The van der Waals surface area contributed by atoms with E-state index in [-0.39, 0.29) is 5.97 Å². The average molecular weight is 172 g/mol. The number of aliphatic hydroxyl groups is 1. The molecule has 0 saturated heterocycles. The monoisotopic (exact) mass is 172 g/mol. The minimum atomic E-state index is -0.802. The van der Waals surface area contributed by atoms with Gasteiger partial charge in [0.2, 0.25) is 0 Å². The molecule has 2 atom stereocenters. The summed E-state index contributed by atoms with van der Waals surface area (Å²) in [7, 11) is 0. The first-order valence-corrected chi connectivity index (χ1v) is 4.00. The lowest BCUT2D eigenvalue weighted by Gasteiger charge is -2.16. The number of hydrogen-bond acceptors (Lipinski definition) is 3. The zero-order valence-corrected chi connectivity index (χ0v) is 7.83. The van der Waals surface area contributed by atoms with E-state index in [1.807, 2.05) is 0 Å². The molecule has 0 heterocycles. The van der Waals surface area contributed by atoms with E-state index in [1.54, 1.807) is 20.8 Å². The summed E-state index contributed by atoms with van der Waals surface area (Å²) in [6, 6.07) is 0. The highest BCUT2D eigenvalue weighted by molar-refractivity contribution is 5.73. The van der Waals surface area contributed by atoms with Crippen molar-refractivity contribution in [1.29, 1.82) is 0 Å². The van der Waals surface area contributed by atoms with Gasteiger partial charge < -0.3 is 9.84 Å². The number of aliphatic hydroxyl groups excluding tert-OH is 1. The Morgan fingerprint density at radius 1 is 1.67 bits per heavy atom. The summed E-state index contributed by atoms with van der Waals surface area (Å²) in [5, 5.41) is 9.39. The third kappa shape index (κ3) is 3.05.